The largest absolute Gasteiger partial charge is 0.487 e. The van der Waals surface area contributed by atoms with Crippen LogP contribution in [0.4, 0.5) is 5.69 Å². The third-order valence-corrected chi connectivity index (χ3v) is 4.14. The average Bonchev–Trinajstić information content (AvgIpc) is 2.33. The molecule has 0 amide bonds. The van der Waals surface area contributed by atoms with Crippen molar-refractivity contribution in [1.29, 1.82) is 0 Å². The van der Waals surface area contributed by atoms with E-state index in [1.807, 2.05) is 0 Å². The van der Waals surface area contributed by atoms with E-state index in [4.69, 9.17) is 15.4 Å². The molecule has 6 nitrogen and oxygen atoms in total. The molecular weight excluding hydrogens is 374 g/mol. The van der Waals surface area contributed by atoms with E-state index in [1.54, 1.807) is 6.07 Å². The summed E-state index contributed by atoms with van der Waals surface area (Å²) in [4.78, 5) is 10.3. The molecule has 0 aromatic heterocycles. The van der Waals surface area contributed by atoms with Gasteiger partial charge in [0.25, 0.3) is 0 Å². The van der Waals surface area contributed by atoms with Crippen molar-refractivity contribution in [2.75, 3.05) is 12.4 Å². The molecule has 0 aliphatic carbocycles. The standard InChI is InChI=1S/C11H13BrClNO5S/c12-9-4-5-11(10(8-9)14(15)16)19-6-2-1-3-7-20(13,17)18/h4-5,8H,1-3,6-7H2. The van der Waals surface area contributed by atoms with Gasteiger partial charge in [-0.2, -0.15) is 0 Å². The fraction of sp³-hybridized carbons (Fsp3) is 0.455. The molecule has 1 rings (SSSR count). The second-order valence-corrected chi connectivity index (χ2v) is 7.83. The number of benzene rings is 1. The highest BCUT2D eigenvalue weighted by Crippen LogP contribution is 2.30. The molecule has 0 bridgehead atoms. The number of rotatable bonds is 8. The molecule has 9 heteroatoms. The molecule has 0 heterocycles. The summed E-state index contributed by atoms with van der Waals surface area (Å²) in [7, 11) is 1.62. The van der Waals surface area contributed by atoms with E-state index in [1.165, 1.54) is 12.1 Å². The van der Waals surface area contributed by atoms with Crippen LogP contribution in [0.1, 0.15) is 19.3 Å². The molecule has 0 fully saturated rings. The Balaban J connectivity index is 2.41. The Kier molecular flexibility index (Phi) is 6.70. The molecule has 0 radical (unpaired) electrons. The maximum absolute atomic E-state index is 10.8. The van der Waals surface area contributed by atoms with Gasteiger partial charge in [0.2, 0.25) is 9.05 Å². The van der Waals surface area contributed by atoms with E-state index in [0.717, 1.165) is 0 Å². The first-order valence-electron chi connectivity index (χ1n) is 5.78. The molecule has 0 spiro atoms. The van der Waals surface area contributed by atoms with Crippen LogP contribution in [0.2, 0.25) is 0 Å². The molecular formula is C11H13BrClNO5S. The minimum absolute atomic E-state index is 0.0764. The Morgan fingerprint density at radius 3 is 2.60 bits per heavy atom. The lowest BCUT2D eigenvalue weighted by Gasteiger charge is -2.06. The number of nitro groups is 1. The smallest absolute Gasteiger partial charge is 0.312 e. The fourth-order valence-electron chi connectivity index (χ4n) is 1.49. The van der Waals surface area contributed by atoms with Crippen molar-refractivity contribution in [2.45, 2.75) is 19.3 Å². The molecule has 0 unspecified atom stereocenters. The van der Waals surface area contributed by atoms with Gasteiger partial charge in [0, 0.05) is 21.2 Å². The highest BCUT2D eigenvalue weighted by Gasteiger charge is 2.15. The first kappa shape index (κ1) is 17.2. The zero-order valence-electron chi connectivity index (χ0n) is 10.4. The summed E-state index contributed by atoms with van der Waals surface area (Å²) in [6.45, 7) is 0.283. The highest BCUT2D eigenvalue weighted by molar-refractivity contribution is 9.10. The Hall–Kier alpha value is -0.860. The molecule has 0 saturated carbocycles. The maximum atomic E-state index is 10.8. The molecule has 0 aliphatic rings. The van der Waals surface area contributed by atoms with E-state index in [9.17, 15) is 18.5 Å². The first-order valence-corrected chi connectivity index (χ1v) is 9.06. The van der Waals surface area contributed by atoms with Crippen molar-refractivity contribution in [2.24, 2.45) is 0 Å². The van der Waals surface area contributed by atoms with E-state index in [0.29, 0.717) is 23.7 Å². The van der Waals surface area contributed by atoms with Gasteiger partial charge in [-0.25, -0.2) is 8.42 Å². The van der Waals surface area contributed by atoms with Crippen LogP contribution in [-0.2, 0) is 9.05 Å². The van der Waals surface area contributed by atoms with E-state index >= 15 is 0 Å². The summed E-state index contributed by atoms with van der Waals surface area (Å²) in [5, 5.41) is 10.8. The number of ether oxygens (including phenoxy) is 1. The van der Waals surface area contributed by atoms with Gasteiger partial charge in [-0.05, 0) is 31.4 Å². The first-order chi connectivity index (χ1) is 9.29. The van der Waals surface area contributed by atoms with E-state index < -0.39 is 14.0 Å². The van der Waals surface area contributed by atoms with Crippen molar-refractivity contribution < 1.29 is 18.1 Å². The average molecular weight is 387 g/mol. The lowest BCUT2D eigenvalue weighted by atomic mass is 10.2. The van der Waals surface area contributed by atoms with Crippen molar-refractivity contribution in [1.82, 2.24) is 0 Å². The summed E-state index contributed by atoms with van der Waals surface area (Å²) in [6, 6.07) is 4.54. The predicted molar refractivity (Wildman–Crippen MR) is 79.8 cm³/mol. The monoisotopic (exact) mass is 385 g/mol. The fourth-order valence-corrected chi connectivity index (χ4v) is 2.72. The van der Waals surface area contributed by atoms with Gasteiger partial charge in [0.05, 0.1) is 17.3 Å². The molecule has 0 saturated heterocycles. The van der Waals surface area contributed by atoms with E-state index in [2.05, 4.69) is 15.9 Å². The number of hydrogen-bond acceptors (Lipinski definition) is 5. The van der Waals surface area contributed by atoms with Gasteiger partial charge in [0.15, 0.2) is 5.75 Å². The van der Waals surface area contributed by atoms with Gasteiger partial charge >= 0.3 is 5.69 Å². The van der Waals surface area contributed by atoms with E-state index in [-0.39, 0.29) is 23.8 Å². The van der Waals surface area contributed by atoms with Crippen LogP contribution in [0.3, 0.4) is 0 Å². The number of nitro benzene ring substituents is 1. The lowest BCUT2D eigenvalue weighted by Crippen LogP contribution is -2.02. The Morgan fingerprint density at radius 1 is 1.30 bits per heavy atom. The Bertz CT molecular complexity index is 578. The predicted octanol–water partition coefficient (Wildman–Crippen LogP) is 3.48. The van der Waals surface area contributed by atoms with Gasteiger partial charge in [-0.15, -0.1) is 0 Å². The zero-order valence-corrected chi connectivity index (χ0v) is 13.6. The molecule has 0 atom stereocenters. The number of nitrogens with zero attached hydrogens (tertiary/aromatic N) is 1. The van der Waals surface area contributed by atoms with Crippen molar-refractivity contribution in [3.63, 3.8) is 0 Å². The van der Waals surface area contributed by atoms with Crippen molar-refractivity contribution in [3.8, 4) is 5.75 Å². The van der Waals surface area contributed by atoms with Crippen LogP contribution >= 0.6 is 26.6 Å². The van der Waals surface area contributed by atoms with Gasteiger partial charge in [-0.3, -0.25) is 10.1 Å². The molecule has 20 heavy (non-hydrogen) atoms. The minimum Gasteiger partial charge on any atom is -0.487 e. The van der Waals surface area contributed by atoms with Crippen LogP contribution in [0.25, 0.3) is 0 Å². The minimum atomic E-state index is -3.45. The SMILES string of the molecule is O=[N+]([O-])c1cc(Br)ccc1OCCCCCS(=O)(=O)Cl. The quantitative estimate of drug-likeness (QED) is 0.295. The zero-order chi connectivity index (χ0) is 15.2. The van der Waals surface area contributed by atoms with Crippen molar-refractivity contribution >= 4 is 41.4 Å². The third-order valence-electron chi connectivity index (χ3n) is 2.41. The van der Waals surface area contributed by atoms with Crippen LogP contribution in [0.5, 0.6) is 5.75 Å². The molecule has 0 aliphatic heterocycles. The van der Waals surface area contributed by atoms with Crippen LogP contribution < -0.4 is 4.74 Å². The summed E-state index contributed by atoms with van der Waals surface area (Å²) in [5.74, 6) is 0.121. The second-order valence-electron chi connectivity index (χ2n) is 4.02. The molecule has 0 N–H and O–H groups in total. The molecule has 1 aromatic carbocycles. The normalized spacial score (nSPS) is 11.3. The number of halogens is 2. The van der Waals surface area contributed by atoms with Crippen LogP contribution in [0.15, 0.2) is 22.7 Å². The maximum Gasteiger partial charge on any atom is 0.312 e. The number of unbranched alkanes of at least 4 members (excludes halogenated alkanes) is 2. The van der Waals surface area contributed by atoms with Gasteiger partial charge in [0.1, 0.15) is 0 Å². The third kappa shape index (κ3) is 6.53. The van der Waals surface area contributed by atoms with Crippen molar-refractivity contribution in [3.05, 3.63) is 32.8 Å². The summed E-state index contributed by atoms with van der Waals surface area (Å²) >= 11 is 3.16. The van der Waals surface area contributed by atoms with Crippen LogP contribution in [-0.4, -0.2) is 25.7 Å². The molecule has 112 valence electrons. The highest BCUT2D eigenvalue weighted by atomic mass is 79.9. The molecule has 1 aromatic rings. The van der Waals surface area contributed by atoms with Crippen LogP contribution in [0, 0.1) is 10.1 Å². The van der Waals surface area contributed by atoms with Gasteiger partial charge in [-0.1, -0.05) is 15.9 Å². The summed E-state index contributed by atoms with van der Waals surface area (Å²) in [5.41, 5.74) is -0.109. The summed E-state index contributed by atoms with van der Waals surface area (Å²) in [6.07, 6.45) is 1.66. The lowest BCUT2D eigenvalue weighted by molar-refractivity contribution is -0.385. The topological polar surface area (TPSA) is 86.5 Å². The Morgan fingerprint density at radius 2 is 2.00 bits per heavy atom. The number of hydrogen-bond donors (Lipinski definition) is 0. The van der Waals surface area contributed by atoms with Gasteiger partial charge < -0.3 is 4.74 Å². The Labute approximate surface area is 129 Å². The second kappa shape index (κ2) is 7.80. The summed E-state index contributed by atoms with van der Waals surface area (Å²) < 4.78 is 27.3.